The quantitative estimate of drug-likeness (QED) is 0.619. The van der Waals surface area contributed by atoms with Crippen LogP contribution >= 0.6 is 61.1 Å². The Morgan fingerprint density at radius 2 is 2.13 bits per heavy atom. The van der Waals surface area contributed by atoms with Gasteiger partial charge in [0.25, 0.3) is 5.56 Å². The van der Waals surface area contributed by atoms with Gasteiger partial charge in [0, 0.05) is 0 Å². The van der Waals surface area contributed by atoms with Crippen LogP contribution in [0.2, 0.25) is 0 Å². The van der Waals surface area contributed by atoms with E-state index in [2.05, 4.69) is 76.1 Å². The van der Waals surface area contributed by atoms with Crippen molar-refractivity contribution in [2.45, 2.75) is 0 Å². The van der Waals surface area contributed by atoms with Gasteiger partial charge in [0.15, 0.2) is 5.82 Å². The number of aromatic amines is 1. The molecule has 0 aliphatic heterocycles. The first-order valence-electron chi connectivity index (χ1n) is 3.73. The lowest BCUT2D eigenvalue weighted by atomic mass is 10.5. The first-order valence-corrected chi connectivity index (χ1v) is 6.68. The van der Waals surface area contributed by atoms with Crippen LogP contribution in [0.1, 0.15) is 0 Å². The Bertz CT molecular complexity index is 564. The summed E-state index contributed by atoms with van der Waals surface area (Å²) in [5.74, 6) is 0.540. The normalized spacial score (nSPS) is 10.6. The van der Waals surface area contributed by atoms with Crippen LogP contribution < -0.4 is 5.56 Å². The average Bonchev–Trinajstić information content (AvgIpc) is 2.53. The summed E-state index contributed by atoms with van der Waals surface area (Å²) in [6, 6.07) is 0. The lowest BCUT2D eigenvalue weighted by molar-refractivity contribution is 0.928. The molecule has 5 nitrogen and oxygen atoms in total. The Kier molecular flexibility index (Phi) is 3.45. The van der Waals surface area contributed by atoms with Crippen molar-refractivity contribution in [3.63, 3.8) is 0 Å². The smallest absolute Gasteiger partial charge is 0.267 e. The first kappa shape index (κ1) is 11.5. The topological polar surface area (TPSA) is 63.6 Å². The van der Waals surface area contributed by atoms with E-state index in [4.69, 9.17) is 0 Å². The van der Waals surface area contributed by atoms with E-state index in [9.17, 15) is 4.79 Å². The molecule has 0 atom stereocenters. The van der Waals surface area contributed by atoms with Gasteiger partial charge in [-0.25, -0.2) is 9.97 Å². The minimum atomic E-state index is -0.209. The molecule has 0 saturated heterocycles. The number of imidazole rings is 1. The van der Waals surface area contributed by atoms with Crippen molar-refractivity contribution in [3.05, 3.63) is 34.9 Å². The molecule has 0 aliphatic carbocycles. The highest BCUT2D eigenvalue weighted by molar-refractivity contribution is 14.1. The van der Waals surface area contributed by atoms with Gasteiger partial charge in [-0.15, -0.1) is 0 Å². The molecule has 0 fully saturated rings. The Morgan fingerprint density at radius 3 is 2.73 bits per heavy atom. The van der Waals surface area contributed by atoms with Crippen LogP contribution in [0.3, 0.4) is 0 Å². The van der Waals surface area contributed by atoms with Crippen molar-refractivity contribution in [2.24, 2.45) is 0 Å². The van der Waals surface area contributed by atoms with Crippen LogP contribution in [0.15, 0.2) is 21.9 Å². The SMILES string of the molecule is O=c1[nH]cnc(-n2cnc(I)c2I)c1Br. The molecule has 0 aromatic carbocycles. The highest BCUT2D eigenvalue weighted by Gasteiger charge is 2.12. The van der Waals surface area contributed by atoms with Gasteiger partial charge in [0.05, 0.1) is 6.33 Å². The highest BCUT2D eigenvalue weighted by Crippen LogP contribution is 2.20. The first-order chi connectivity index (χ1) is 7.11. The lowest BCUT2D eigenvalue weighted by Crippen LogP contribution is -2.12. The molecule has 8 heteroatoms. The van der Waals surface area contributed by atoms with Crippen molar-refractivity contribution >= 4 is 61.1 Å². The molecule has 2 heterocycles. The summed E-state index contributed by atoms with van der Waals surface area (Å²) in [6.07, 6.45) is 3.00. The zero-order chi connectivity index (χ0) is 11.0. The molecular formula is C7H3BrI2N4O. The molecule has 78 valence electrons. The Balaban J connectivity index is 2.70. The van der Waals surface area contributed by atoms with Gasteiger partial charge in [0.1, 0.15) is 18.2 Å². The summed E-state index contributed by atoms with van der Waals surface area (Å²) in [4.78, 5) is 22.1. The fourth-order valence-corrected chi connectivity index (χ4v) is 2.29. The van der Waals surface area contributed by atoms with Crippen molar-refractivity contribution in [1.82, 2.24) is 19.5 Å². The Labute approximate surface area is 120 Å². The summed E-state index contributed by atoms with van der Waals surface area (Å²) in [7, 11) is 0. The van der Waals surface area contributed by atoms with Gasteiger partial charge in [-0.05, 0) is 61.1 Å². The molecule has 0 radical (unpaired) electrons. The predicted molar refractivity (Wildman–Crippen MR) is 75.1 cm³/mol. The summed E-state index contributed by atoms with van der Waals surface area (Å²) in [5, 5.41) is 0. The standard InChI is InChI=1S/C7H3BrI2N4O/c8-3-6(11-1-12-7(3)15)14-2-13-4(9)5(14)10/h1-2H,(H,11,12,15). The fraction of sp³-hybridized carbons (Fsp3) is 0. The van der Waals surface area contributed by atoms with E-state index in [0.29, 0.717) is 10.3 Å². The van der Waals surface area contributed by atoms with Gasteiger partial charge in [0.2, 0.25) is 0 Å². The summed E-state index contributed by atoms with van der Waals surface area (Å²) in [6.45, 7) is 0. The van der Waals surface area contributed by atoms with E-state index in [1.54, 1.807) is 10.9 Å². The van der Waals surface area contributed by atoms with Gasteiger partial charge in [-0.1, -0.05) is 0 Å². The molecule has 15 heavy (non-hydrogen) atoms. The molecule has 0 unspecified atom stereocenters. The van der Waals surface area contributed by atoms with Crippen LogP contribution in [0.4, 0.5) is 0 Å². The maximum absolute atomic E-state index is 11.4. The minimum Gasteiger partial charge on any atom is -0.312 e. The molecule has 0 bridgehead atoms. The zero-order valence-electron chi connectivity index (χ0n) is 7.04. The zero-order valence-corrected chi connectivity index (χ0v) is 12.9. The lowest BCUT2D eigenvalue weighted by Gasteiger charge is -2.03. The fourth-order valence-electron chi connectivity index (χ4n) is 1.00. The van der Waals surface area contributed by atoms with E-state index < -0.39 is 0 Å². The van der Waals surface area contributed by atoms with Crippen molar-refractivity contribution in [2.75, 3.05) is 0 Å². The third-order valence-corrected chi connectivity index (χ3v) is 5.24. The van der Waals surface area contributed by atoms with Crippen molar-refractivity contribution < 1.29 is 0 Å². The van der Waals surface area contributed by atoms with E-state index in [-0.39, 0.29) is 5.56 Å². The van der Waals surface area contributed by atoms with Crippen molar-refractivity contribution in [1.29, 1.82) is 0 Å². The Hall–Kier alpha value is 0.0300. The molecule has 0 amide bonds. The second-order valence-electron chi connectivity index (χ2n) is 2.57. The van der Waals surface area contributed by atoms with Gasteiger partial charge in [-0.2, -0.15) is 0 Å². The van der Waals surface area contributed by atoms with Gasteiger partial charge < -0.3 is 4.98 Å². The van der Waals surface area contributed by atoms with Crippen LogP contribution in [0.25, 0.3) is 5.82 Å². The summed E-state index contributed by atoms with van der Waals surface area (Å²) < 4.78 is 3.95. The van der Waals surface area contributed by atoms with Gasteiger partial charge in [-0.3, -0.25) is 9.36 Å². The second-order valence-corrected chi connectivity index (χ2v) is 5.40. The average molecular weight is 493 g/mol. The number of hydrogen-bond donors (Lipinski definition) is 1. The number of nitrogens with one attached hydrogen (secondary N) is 1. The predicted octanol–water partition coefficient (Wildman–Crippen LogP) is 1.93. The van der Waals surface area contributed by atoms with Gasteiger partial charge >= 0.3 is 0 Å². The van der Waals surface area contributed by atoms with E-state index in [1.807, 2.05) is 0 Å². The van der Waals surface area contributed by atoms with E-state index in [1.165, 1.54) is 6.33 Å². The van der Waals surface area contributed by atoms with E-state index >= 15 is 0 Å². The molecule has 2 aromatic rings. The number of hydrogen-bond acceptors (Lipinski definition) is 3. The molecule has 2 rings (SSSR count). The monoisotopic (exact) mass is 492 g/mol. The van der Waals surface area contributed by atoms with Crippen molar-refractivity contribution in [3.8, 4) is 5.82 Å². The number of aromatic nitrogens is 4. The third-order valence-electron chi connectivity index (χ3n) is 1.67. The molecular weight excluding hydrogens is 490 g/mol. The molecule has 0 spiro atoms. The molecule has 1 N–H and O–H groups in total. The highest BCUT2D eigenvalue weighted by atomic mass is 127. The van der Waals surface area contributed by atoms with Crippen LogP contribution in [-0.4, -0.2) is 19.5 Å². The largest absolute Gasteiger partial charge is 0.312 e. The maximum atomic E-state index is 11.4. The van der Waals surface area contributed by atoms with Crippen LogP contribution in [0, 0.1) is 7.40 Å². The van der Waals surface area contributed by atoms with Crippen LogP contribution in [-0.2, 0) is 0 Å². The number of halogens is 3. The third kappa shape index (κ3) is 2.11. The molecule has 0 saturated carbocycles. The minimum absolute atomic E-state index is 0.209. The number of H-pyrrole nitrogens is 1. The number of nitrogens with zero attached hydrogens (tertiary/aromatic N) is 3. The molecule has 0 aliphatic rings. The summed E-state index contributed by atoms with van der Waals surface area (Å²) in [5.41, 5.74) is -0.209. The van der Waals surface area contributed by atoms with E-state index in [0.717, 1.165) is 7.40 Å². The number of rotatable bonds is 1. The molecule has 2 aromatic heterocycles. The van der Waals surface area contributed by atoms with Crippen LogP contribution in [0.5, 0.6) is 0 Å². The Morgan fingerprint density at radius 1 is 1.40 bits per heavy atom. The summed E-state index contributed by atoms with van der Waals surface area (Å²) >= 11 is 7.48. The maximum Gasteiger partial charge on any atom is 0.267 e. The second kappa shape index (κ2) is 4.49.